The molecule has 7 nitrogen and oxygen atoms in total. The molecular formula is C26H28N2O5. The molecule has 0 saturated heterocycles. The highest BCUT2D eigenvalue weighted by Crippen LogP contribution is 2.46. The largest absolute Gasteiger partial charge is 0.481 e. The summed E-state index contributed by atoms with van der Waals surface area (Å²) in [6, 6.07) is 16.2. The SMILES string of the molecule is O=C(NCC1(C(=O)N[C@@H]2CC[C@H](C(=O)O)C2)CC1)OCC1c2ccccc2-c2ccccc21. The Morgan fingerprint density at radius 1 is 0.970 bits per heavy atom. The van der Waals surface area contributed by atoms with Crippen molar-refractivity contribution >= 4 is 18.0 Å². The van der Waals surface area contributed by atoms with Gasteiger partial charge in [-0.1, -0.05) is 48.5 Å². The summed E-state index contributed by atoms with van der Waals surface area (Å²) in [5.41, 5.74) is 4.05. The number of carbonyl (C=O) groups excluding carboxylic acids is 2. The Labute approximate surface area is 192 Å². The van der Waals surface area contributed by atoms with Crippen LogP contribution in [0.25, 0.3) is 11.1 Å². The van der Waals surface area contributed by atoms with Crippen LogP contribution < -0.4 is 10.6 Å². The van der Waals surface area contributed by atoms with Crippen LogP contribution in [0, 0.1) is 11.3 Å². The number of hydrogen-bond donors (Lipinski definition) is 3. The van der Waals surface area contributed by atoms with E-state index in [1.165, 1.54) is 11.1 Å². The van der Waals surface area contributed by atoms with E-state index in [9.17, 15) is 14.4 Å². The van der Waals surface area contributed by atoms with Gasteiger partial charge in [0.2, 0.25) is 5.91 Å². The van der Waals surface area contributed by atoms with Crippen LogP contribution in [0.2, 0.25) is 0 Å². The maximum atomic E-state index is 12.8. The number of alkyl carbamates (subject to hydrolysis) is 1. The van der Waals surface area contributed by atoms with Crippen molar-refractivity contribution in [2.75, 3.05) is 13.2 Å². The number of rotatable bonds is 7. The minimum absolute atomic E-state index is 0.00844. The first-order valence-corrected chi connectivity index (χ1v) is 11.6. The van der Waals surface area contributed by atoms with Crippen LogP contribution in [0.3, 0.4) is 0 Å². The maximum Gasteiger partial charge on any atom is 0.407 e. The van der Waals surface area contributed by atoms with Crippen LogP contribution >= 0.6 is 0 Å². The molecule has 7 heteroatoms. The predicted molar refractivity (Wildman–Crippen MR) is 122 cm³/mol. The van der Waals surface area contributed by atoms with Gasteiger partial charge in [-0.2, -0.15) is 0 Å². The molecule has 2 amide bonds. The molecule has 0 heterocycles. The van der Waals surface area contributed by atoms with Gasteiger partial charge in [0.1, 0.15) is 6.61 Å². The molecule has 3 N–H and O–H groups in total. The third-order valence-corrected chi connectivity index (χ3v) is 7.37. The van der Waals surface area contributed by atoms with Gasteiger partial charge in [0.15, 0.2) is 0 Å². The molecular weight excluding hydrogens is 420 g/mol. The Hall–Kier alpha value is -3.35. The van der Waals surface area contributed by atoms with E-state index >= 15 is 0 Å². The van der Waals surface area contributed by atoms with Crippen molar-refractivity contribution in [2.45, 2.75) is 44.1 Å². The van der Waals surface area contributed by atoms with Crippen molar-refractivity contribution in [3.8, 4) is 11.1 Å². The van der Waals surface area contributed by atoms with Crippen molar-refractivity contribution in [2.24, 2.45) is 11.3 Å². The second-order valence-corrected chi connectivity index (χ2v) is 9.48. The Bertz CT molecular complexity index is 1050. The van der Waals surface area contributed by atoms with Crippen LogP contribution in [-0.2, 0) is 14.3 Å². The second-order valence-electron chi connectivity index (χ2n) is 9.48. The summed E-state index contributed by atoms with van der Waals surface area (Å²) in [6.07, 6.45) is 2.62. The highest BCUT2D eigenvalue weighted by Gasteiger charge is 2.51. The van der Waals surface area contributed by atoms with Crippen LogP contribution in [0.15, 0.2) is 48.5 Å². The summed E-state index contributed by atoms with van der Waals surface area (Å²) in [4.78, 5) is 36.4. The summed E-state index contributed by atoms with van der Waals surface area (Å²) in [5, 5.41) is 14.9. The van der Waals surface area contributed by atoms with Crippen molar-refractivity contribution in [1.82, 2.24) is 10.6 Å². The van der Waals surface area contributed by atoms with E-state index in [1.807, 2.05) is 24.3 Å². The van der Waals surface area contributed by atoms with Crippen molar-refractivity contribution in [3.63, 3.8) is 0 Å². The summed E-state index contributed by atoms with van der Waals surface area (Å²) in [7, 11) is 0. The highest BCUT2D eigenvalue weighted by atomic mass is 16.5. The Morgan fingerprint density at radius 2 is 1.61 bits per heavy atom. The van der Waals surface area contributed by atoms with Crippen LogP contribution in [0.1, 0.15) is 49.1 Å². The molecule has 172 valence electrons. The molecule has 2 aromatic rings. The molecule has 2 fully saturated rings. The normalized spacial score (nSPS) is 22.2. The van der Waals surface area contributed by atoms with E-state index in [4.69, 9.17) is 9.84 Å². The molecule has 2 saturated carbocycles. The zero-order chi connectivity index (χ0) is 23.0. The van der Waals surface area contributed by atoms with Gasteiger partial charge in [0.05, 0.1) is 11.3 Å². The third kappa shape index (κ3) is 4.19. The fraction of sp³-hybridized carbons (Fsp3) is 0.423. The minimum Gasteiger partial charge on any atom is -0.481 e. The Morgan fingerprint density at radius 3 is 2.18 bits per heavy atom. The van der Waals surface area contributed by atoms with Gasteiger partial charge in [-0.15, -0.1) is 0 Å². The first-order valence-electron chi connectivity index (χ1n) is 11.6. The molecule has 0 aromatic heterocycles. The molecule has 0 aliphatic heterocycles. The zero-order valence-electron chi connectivity index (χ0n) is 18.4. The van der Waals surface area contributed by atoms with Crippen molar-refractivity contribution in [1.29, 1.82) is 0 Å². The molecule has 2 aromatic carbocycles. The lowest BCUT2D eigenvalue weighted by Gasteiger charge is -2.20. The average molecular weight is 449 g/mol. The minimum atomic E-state index is -0.801. The van der Waals surface area contributed by atoms with Crippen LogP contribution in [0.5, 0.6) is 0 Å². The van der Waals surface area contributed by atoms with E-state index in [0.29, 0.717) is 32.1 Å². The average Bonchev–Trinajstić information content (AvgIpc) is 3.36. The summed E-state index contributed by atoms with van der Waals surface area (Å²) in [5.74, 6) is -1.29. The molecule has 2 atom stereocenters. The highest BCUT2D eigenvalue weighted by molar-refractivity contribution is 5.86. The number of hydrogen-bond acceptors (Lipinski definition) is 4. The molecule has 3 aliphatic carbocycles. The smallest absolute Gasteiger partial charge is 0.407 e. The maximum absolute atomic E-state index is 12.8. The molecule has 0 spiro atoms. The van der Waals surface area contributed by atoms with Crippen LogP contribution in [-0.4, -0.2) is 42.3 Å². The third-order valence-electron chi connectivity index (χ3n) is 7.37. The number of carbonyl (C=O) groups is 3. The first-order chi connectivity index (χ1) is 16.0. The van der Waals surface area contributed by atoms with Crippen molar-refractivity contribution < 1.29 is 24.2 Å². The summed E-state index contributed by atoms with van der Waals surface area (Å²) >= 11 is 0. The number of ether oxygens (including phenoxy) is 1. The summed E-state index contributed by atoms with van der Waals surface area (Å²) < 4.78 is 5.57. The first kappa shape index (κ1) is 21.5. The van der Waals surface area contributed by atoms with Gasteiger partial charge in [-0.25, -0.2) is 4.79 Å². The quantitative estimate of drug-likeness (QED) is 0.599. The van der Waals surface area contributed by atoms with E-state index in [2.05, 4.69) is 34.9 Å². The number of fused-ring (bicyclic) bond motifs is 3. The molecule has 3 aliphatic rings. The number of aliphatic carboxylic acids is 1. The lowest BCUT2D eigenvalue weighted by Crippen LogP contribution is -2.44. The summed E-state index contributed by atoms with van der Waals surface area (Å²) in [6.45, 7) is 0.461. The monoisotopic (exact) mass is 448 g/mol. The number of nitrogens with one attached hydrogen (secondary N) is 2. The number of carboxylic acid groups (broad SMARTS) is 1. The van der Waals surface area contributed by atoms with Gasteiger partial charge < -0.3 is 20.5 Å². The lowest BCUT2D eigenvalue weighted by atomic mass is 9.98. The van der Waals surface area contributed by atoms with Gasteiger partial charge in [-0.05, 0) is 54.4 Å². The molecule has 5 rings (SSSR count). The van der Waals surface area contributed by atoms with Crippen LogP contribution in [0.4, 0.5) is 4.79 Å². The van der Waals surface area contributed by atoms with Crippen molar-refractivity contribution in [3.05, 3.63) is 59.7 Å². The van der Waals surface area contributed by atoms with Gasteiger partial charge in [0, 0.05) is 18.5 Å². The Balaban J connectivity index is 1.13. The number of carboxylic acids is 1. The lowest BCUT2D eigenvalue weighted by molar-refractivity contribution is -0.141. The topological polar surface area (TPSA) is 105 Å². The fourth-order valence-corrected chi connectivity index (χ4v) is 5.20. The Kier molecular flexibility index (Phi) is 5.56. The molecule has 0 unspecified atom stereocenters. The molecule has 0 bridgehead atoms. The number of benzene rings is 2. The fourth-order valence-electron chi connectivity index (χ4n) is 5.20. The van der Waals surface area contributed by atoms with E-state index < -0.39 is 17.5 Å². The standard InChI is InChI=1S/C26H28N2O5/c29-23(30)16-9-10-17(13-16)28-24(31)26(11-12-26)15-27-25(32)33-14-22-20-7-3-1-5-18(20)19-6-2-4-8-21(19)22/h1-8,16-17,22H,9-15H2,(H,27,32)(H,28,31)(H,29,30)/t16-,17+/m0/s1. The molecule has 33 heavy (non-hydrogen) atoms. The van der Waals surface area contributed by atoms with Gasteiger partial charge in [0.25, 0.3) is 0 Å². The predicted octanol–water partition coefficient (Wildman–Crippen LogP) is 3.67. The van der Waals surface area contributed by atoms with E-state index in [-0.39, 0.29) is 36.9 Å². The molecule has 0 radical (unpaired) electrons. The van der Waals surface area contributed by atoms with Gasteiger partial charge in [-0.3, -0.25) is 9.59 Å². The zero-order valence-corrected chi connectivity index (χ0v) is 18.4. The van der Waals surface area contributed by atoms with E-state index in [1.54, 1.807) is 0 Å². The van der Waals surface area contributed by atoms with Gasteiger partial charge >= 0.3 is 12.1 Å². The second kappa shape index (κ2) is 8.54. The number of amides is 2. The van der Waals surface area contributed by atoms with E-state index in [0.717, 1.165) is 11.1 Å².